The van der Waals surface area contributed by atoms with Gasteiger partial charge in [0.2, 0.25) is 5.91 Å². The number of rotatable bonds is 7. The molecule has 0 saturated carbocycles. The molecular formula is C15H24ClN3O. The first-order valence-corrected chi connectivity index (χ1v) is 7.37. The lowest BCUT2D eigenvalue weighted by molar-refractivity contribution is -0.116. The SMILES string of the molecule is CCC(C)N(C)CCCC(=O)Nc1cc(Cl)ccc1N. The Bertz CT molecular complexity index is 451. The van der Waals surface area contributed by atoms with Crippen LogP contribution < -0.4 is 11.1 Å². The van der Waals surface area contributed by atoms with Crippen LogP contribution >= 0.6 is 11.6 Å². The molecule has 112 valence electrons. The van der Waals surface area contributed by atoms with E-state index in [-0.39, 0.29) is 5.91 Å². The van der Waals surface area contributed by atoms with Crippen molar-refractivity contribution in [2.75, 3.05) is 24.6 Å². The van der Waals surface area contributed by atoms with Crippen molar-refractivity contribution in [1.82, 2.24) is 4.90 Å². The van der Waals surface area contributed by atoms with Gasteiger partial charge in [-0.3, -0.25) is 4.79 Å². The van der Waals surface area contributed by atoms with Gasteiger partial charge in [0.25, 0.3) is 0 Å². The van der Waals surface area contributed by atoms with Gasteiger partial charge in [-0.1, -0.05) is 18.5 Å². The van der Waals surface area contributed by atoms with E-state index in [9.17, 15) is 4.79 Å². The van der Waals surface area contributed by atoms with E-state index in [1.165, 1.54) is 0 Å². The van der Waals surface area contributed by atoms with Crippen molar-refractivity contribution < 1.29 is 4.79 Å². The van der Waals surface area contributed by atoms with Crippen molar-refractivity contribution >= 4 is 28.9 Å². The van der Waals surface area contributed by atoms with Crippen molar-refractivity contribution in [3.8, 4) is 0 Å². The quantitative estimate of drug-likeness (QED) is 0.759. The number of carbonyl (C=O) groups excluding carboxylic acids is 1. The number of nitrogens with two attached hydrogens (primary N) is 1. The molecule has 1 amide bonds. The molecule has 0 fully saturated rings. The summed E-state index contributed by atoms with van der Waals surface area (Å²) >= 11 is 5.88. The van der Waals surface area contributed by atoms with E-state index in [1.54, 1.807) is 18.2 Å². The van der Waals surface area contributed by atoms with Crippen LogP contribution in [0.5, 0.6) is 0 Å². The van der Waals surface area contributed by atoms with Crippen LogP contribution in [-0.4, -0.2) is 30.4 Å². The number of carbonyl (C=O) groups is 1. The smallest absolute Gasteiger partial charge is 0.224 e. The Morgan fingerprint density at radius 1 is 1.50 bits per heavy atom. The van der Waals surface area contributed by atoms with Crippen LogP contribution in [-0.2, 0) is 4.79 Å². The summed E-state index contributed by atoms with van der Waals surface area (Å²) in [7, 11) is 2.08. The molecule has 0 aromatic heterocycles. The molecule has 0 bridgehead atoms. The maximum atomic E-state index is 11.9. The number of nitrogens with zero attached hydrogens (tertiary/aromatic N) is 1. The van der Waals surface area contributed by atoms with E-state index in [2.05, 4.69) is 31.1 Å². The average Bonchev–Trinajstić information content (AvgIpc) is 2.41. The fourth-order valence-electron chi connectivity index (χ4n) is 1.87. The summed E-state index contributed by atoms with van der Waals surface area (Å²) in [4.78, 5) is 14.1. The summed E-state index contributed by atoms with van der Waals surface area (Å²) in [6.45, 7) is 5.26. The standard InChI is InChI=1S/C15H24ClN3O/c1-4-11(2)19(3)9-5-6-15(20)18-14-10-12(16)7-8-13(14)17/h7-8,10-11H,4-6,9,17H2,1-3H3,(H,18,20). The number of amides is 1. The number of anilines is 2. The largest absolute Gasteiger partial charge is 0.397 e. The molecule has 1 rings (SSSR count). The van der Waals surface area contributed by atoms with Gasteiger partial charge in [-0.15, -0.1) is 0 Å². The predicted molar refractivity (Wildman–Crippen MR) is 86.1 cm³/mol. The first-order chi connectivity index (χ1) is 9.43. The molecule has 1 unspecified atom stereocenters. The lowest BCUT2D eigenvalue weighted by Crippen LogP contribution is -2.29. The molecule has 20 heavy (non-hydrogen) atoms. The molecule has 3 N–H and O–H groups in total. The predicted octanol–water partition coefficient (Wildman–Crippen LogP) is 3.37. The lowest BCUT2D eigenvalue weighted by Gasteiger charge is -2.23. The van der Waals surface area contributed by atoms with Gasteiger partial charge in [-0.25, -0.2) is 0 Å². The van der Waals surface area contributed by atoms with E-state index >= 15 is 0 Å². The molecule has 1 aromatic rings. The molecule has 1 atom stereocenters. The maximum absolute atomic E-state index is 11.9. The topological polar surface area (TPSA) is 58.4 Å². The monoisotopic (exact) mass is 297 g/mol. The van der Waals surface area contributed by atoms with Crippen molar-refractivity contribution in [3.63, 3.8) is 0 Å². The van der Waals surface area contributed by atoms with Crippen LogP contribution in [0.25, 0.3) is 0 Å². The van der Waals surface area contributed by atoms with Gasteiger partial charge in [0.1, 0.15) is 0 Å². The highest BCUT2D eigenvalue weighted by Crippen LogP contribution is 2.23. The van der Waals surface area contributed by atoms with Gasteiger partial charge in [0.15, 0.2) is 0 Å². The van der Waals surface area contributed by atoms with Gasteiger partial charge in [-0.05, 0) is 51.6 Å². The van der Waals surface area contributed by atoms with E-state index in [4.69, 9.17) is 17.3 Å². The van der Waals surface area contributed by atoms with Crippen LogP contribution in [0.15, 0.2) is 18.2 Å². The summed E-state index contributed by atoms with van der Waals surface area (Å²) in [6.07, 6.45) is 2.42. The fourth-order valence-corrected chi connectivity index (χ4v) is 2.04. The zero-order chi connectivity index (χ0) is 15.1. The van der Waals surface area contributed by atoms with E-state index in [0.29, 0.717) is 28.9 Å². The summed E-state index contributed by atoms with van der Waals surface area (Å²) in [6, 6.07) is 5.60. The minimum atomic E-state index is -0.0310. The first kappa shape index (κ1) is 16.8. The van der Waals surface area contributed by atoms with Crippen LogP contribution in [0, 0.1) is 0 Å². The van der Waals surface area contributed by atoms with Gasteiger partial charge in [0.05, 0.1) is 11.4 Å². The molecular weight excluding hydrogens is 274 g/mol. The number of hydrogen-bond acceptors (Lipinski definition) is 3. The minimum Gasteiger partial charge on any atom is -0.397 e. The molecule has 1 aromatic carbocycles. The van der Waals surface area contributed by atoms with Crippen molar-refractivity contribution in [1.29, 1.82) is 0 Å². The van der Waals surface area contributed by atoms with Gasteiger partial charge < -0.3 is 16.0 Å². The second-order valence-electron chi connectivity index (χ2n) is 5.12. The second-order valence-corrected chi connectivity index (χ2v) is 5.56. The third kappa shape index (κ3) is 5.39. The summed E-state index contributed by atoms with van der Waals surface area (Å²) < 4.78 is 0. The molecule has 4 nitrogen and oxygen atoms in total. The average molecular weight is 298 g/mol. The minimum absolute atomic E-state index is 0.0310. The van der Waals surface area contributed by atoms with Crippen LogP contribution in [0.1, 0.15) is 33.1 Å². The normalized spacial score (nSPS) is 12.4. The Morgan fingerprint density at radius 3 is 2.85 bits per heavy atom. The van der Waals surface area contributed by atoms with Gasteiger partial charge in [-0.2, -0.15) is 0 Å². The third-order valence-electron chi connectivity index (χ3n) is 3.55. The molecule has 0 aliphatic heterocycles. The highest BCUT2D eigenvalue weighted by molar-refractivity contribution is 6.31. The highest BCUT2D eigenvalue weighted by atomic mass is 35.5. The fraction of sp³-hybridized carbons (Fsp3) is 0.533. The lowest BCUT2D eigenvalue weighted by atomic mass is 10.2. The van der Waals surface area contributed by atoms with Gasteiger partial charge in [0, 0.05) is 17.5 Å². The molecule has 0 aliphatic carbocycles. The number of halogens is 1. The Labute approximate surface area is 126 Å². The zero-order valence-corrected chi connectivity index (χ0v) is 13.2. The molecule has 0 radical (unpaired) electrons. The molecule has 5 heteroatoms. The molecule has 0 heterocycles. The molecule has 0 spiro atoms. The molecule has 0 saturated heterocycles. The highest BCUT2D eigenvalue weighted by Gasteiger charge is 2.09. The van der Waals surface area contributed by atoms with Crippen LogP contribution in [0.4, 0.5) is 11.4 Å². The van der Waals surface area contributed by atoms with Crippen LogP contribution in [0.2, 0.25) is 5.02 Å². The summed E-state index contributed by atoms with van der Waals surface area (Å²) in [5.41, 5.74) is 6.90. The van der Waals surface area contributed by atoms with E-state index < -0.39 is 0 Å². The van der Waals surface area contributed by atoms with E-state index in [0.717, 1.165) is 19.4 Å². The zero-order valence-electron chi connectivity index (χ0n) is 12.4. The van der Waals surface area contributed by atoms with Crippen molar-refractivity contribution in [2.45, 2.75) is 39.2 Å². The number of nitrogens with one attached hydrogen (secondary N) is 1. The first-order valence-electron chi connectivity index (χ1n) is 6.99. The third-order valence-corrected chi connectivity index (χ3v) is 3.78. The number of benzene rings is 1. The second kappa shape index (κ2) is 8.12. The van der Waals surface area contributed by atoms with Crippen molar-refractivity contribution in [3.05, 3.63) is 23.2 Å². The Morgan fingerprint density at radius 2 is 2.20 bits per heavy atom. The van der Waals surface area contributed by atoms with Crippen LogP contribution in [0.3, 0.4) is 0 Å². The number of nitrogen functional groups attached to an aromatic ring is 1. The number of hydrogen-bond donors (Lipinski definition) is 2. The van der Waals surface area contributed by atoms with Gasteiger partial charge >= 0.3 is 0 Å². The van der Waals surface area contributed by atoms with E-state index in [1.807, 2.05) is 0 Å². The Balaban J connectivity index is 2.39. The molecule has 0 aliphatic rings. The maximum Gasteiger partial charge on any atom is 0.224 e. The van der Waals surface area contributed by atoms with Crippen molar-refractivity contribution in [2.24, 2.45) is 0 Å². The summed E-state index contributed by atoms with van der Waals surface area (Å²) in [5.74, 6) is -0.0310. The summed E-state index contributed by atoms with van der Waals surface area (Å²) in [5, 5.41) is 3.36. The Kier molecular flexibility index (Phi) is 6.82. The Hall–Kier alpha value is -1.26.